The Labute approximate surface area is 189 Å². The van der Waals surface area contributed by atoms with E-state index in [-0.39, 0.29) is 25.0 Å². The predicted molar refractivity (Wildman–Crippen MR) is 123 cm³/mol. The van der Waals surface area contributed by atoms with Crippen LogP contribution in [0.25, 0.3) is 0 Å². The molecule has 0 radical (unpaired) electrons. The van der Waals surface area contributed by atoms with Crippen LogP contribution in [-0.4, -0.2) is 41.0 Å². The molecule has 2 aromatic carbocycles. The summed E-state index contributed by atoms with van der Waals surface area (Å²) in [6.45, 7) is 4.74. The molecule has 32 heavy (non-hydrogen) atoms. The molecule has 0 fully saturated rings. The van der Waals surface area contributed by atoms with Crippen LogP contribution in [-0.2, 0) is 24.1 Å². The van der Waals surface area contributed by atoms with Crippen LogP contribution < -0.4 is 10.1 Å². The van der Waals surface area contributed by atoms with Gasteiger partial charge in [0, 0.05) is 18.5 Å². The Morgan fingerprint density at radius 1 is 1.22 bits per heavy atom. The third-order valence-electron chi connectivity index (χ3n) is 6.01. The summed E-state index contributed by atoms with van der Waals surface area (Å²) >= 11 is 0. The van der Waals surface area contributed by atoms with Crippen LogP contribution in [0.5, 0.6) is 5.75 Å². The fourth-order valence-corrected chi connectivity index (χ4v) is 4.50. The number of carboxylic acids is 1. The second-order valence-corrected chi connectivity index (χ2v) is 9.27. The quantitative estimate of drug-likeness (QED) is 0.498. The van der Waals surface area contributed by atoms with Gasteiger partial charge in [-0.15, -0.1) is 0 Å². The molecule has 3 N–H and O–H groups in total. The van der Waals surface area contributed by atoms with E-state index in [9.17, 15) is 15.2 Å². The third-order valence-corrected chi connectivity index (χ3v) is 6.01. The van der Waals surface area contributed by atoms with Gasteiger partial charge >= 0.3 is 5.97 Å². The lowest BCUT2D eigenvalue weighted by molar-refractivity contribution is -0.136. The zero-order chi connectivity index (χ0) is 23.1. The number of carbonyl (C=O) groups is 1. The summed E-state index contributed by atoms with van der Waals surface area (Å²) in [5, 5.41) is 32.3. The molecule has 0 saturated carbocycles. The number of nitrogens with one attached hydrogen (secondary N) is 1. The average molecular weight is 437 g/mol. The number of nitriles is 1. The summed E-state index contributed by atoms with van der Waals surface area (Å²) in [7, 11) is 0. The van der Waals surface area contributed by atoms with Crippen LogP contribution in [0.3, 0.4) is 0 Å². The number of nitrogens with zero attached hydrogens (tertiary/aromatic N) is 1. The lowest BCUT2D eigenvalue weighted by atomic mass is 9.88. The number of aryl methyl sites for hydroxylation is 1. The molecule has 0 unspecified atom stereocenters. The number of rotatable bonds is 11. The number of fused-ring (bicyclic) bond motifs is 1. The maximum Gasteiger partial charge on any atom is 0.303 e. The standard InChI is InChI=1S/C26H32N2O4/c1-26(2,14-18-12-20-6-3-4-7-21(20)13-18)28-16-22(29)17-32-24-9-5-8-19(23(24)15-27)10-11-25(30)31/h3-9,18,22,28-29H,10-14,16-17H2,1-2H3,(H,30,31)/t22-/m0/s1. The highest BCUT2D eigenvalue weighted by atomic mass is 16.5. The summed E-state index contributed by atoms with van der Waals surface area (Å²) in [6.07, 6.45) is 2.69. The minimum atomic E-state index is -0.911. The van der Waals surface area contributed by atoms with E-state index in [1.165, 1.54) is 11.1 Å². The molecule has 2 aromatic rings. The summed E-state index contributed by atoms with van der Waals surface area (Å²) in [5.74, 6) is 0.0539. The van der Waals surface area contributed by atoms with E-state index in [0.29, 0.717) is 29.3 Å². The van der Waals surface area contributed by atoms with E-state index in [4.69, 9.17) is 9.84 Å². The minimum Gasteiger partial charge on any atom is -0.489 e. The number of benzene rings is 2. The molecule has 0 bridgehead atoms. The molecule has 0 saturated heterocycles. The van der Waals surface area contributed by atoms with Crippen molar-refractivity contribution in [1.82, 2.24) is 5.32 Å². The summed E-state index contributed by atoms with van der Waals surface area (Å²) < 4.78 is 5.72. The van der Waals surface area contributed by atoms with Crippen LogP contribution in [0.4, 0.5) is 0 Å². The Balaban J connectivity index is 1.48. The van der Waals surface area contributed by atoms with Crippen molar-refractivity contribution in [3.05, 3.63) is 64.7 Å². The number of hydrogen-bond donors (Lipinski definition) is 3. The zero-order valence-corrected chi connectivity index (χ0v) is 18.8. The third kappa shape index (κ3) is 6.56. The average Bonchev–Trinajstić information content (AvgIpc) is 3.16. The SMILES string of the molecule is CC(C)(CC1Cc2ccccc2C1)NC[C@H](O)COc1cccc(CCC(=O)O)c1C#N. The first-order valence-electron chi connectivity index (χ1n) is 11.1. The molecular formula is C26H32N2O4. The fraction of sp³-hybridized carbons (Fsp3) is 0.462. The van der Waals surface area contributed by atoms with Gasteiger partial charge in [0.2, 0.25) is 0 Å². The summed E-state index contributed by atoms with van der Waals surface area (Å²) in [6, 6.07) is 15.9. The van der Waals surface area contributed by atoms with Gasteiger partial charge in [-0.05, 0) is 68.2 Å². The van der Waals surface area contributed by atoms with Gasteiger partial charge in [-0.3, -0.25) is 4.79 Å². The van der Waals surface area contributed by atoms with E-state index in [1.807, 2.05) is 0 Å². The normalized spacial score (nSPS) is 14.6. The molecule has 1 aliphatic rings. The first-order chi connectivity index (χ1) is 15.3. The van der Waals surface area contributed by atoms with Crippen molar-refractivity contribution in [2.75, 3.05) is 13.2 Å². The predicted octanol–water partition coefficient (Wildman–Crippen LogP) is 3.49. The van der Waals surface area contributed by atoms with Crippen molar-refractivity contribution < 1.29 is 19.7 Å². The Bertz CT molecular complexity index is 955. The first-order valence-corrected chi connectivity index (χ1v) is 11.1. The topological polar surface area (TPSA) is 103 Å². The summed E-state index contributed by atoms with van der Waals surface area (Å²) in [4.78, 5) is 10.8. The van der Waals surface area contributed by atoms with Crippen molar-refractivity contribution in [2.24, 2.45) is 5.92 Å². The molecule has 0 heterocycles. The van der Waals surface area contributed by atoms with Gasteiger partial charge in [0.1, 0.15) is 24.5 Å². The van der Waals surface area contributed by atoms with Gasteiger partial charge in [-0.2, -0.15) is 5.26 Å². The number of aliphatic hydroxyl groups excluding tert-OH is 1. The molecule has 0 spiro atoms. The number of carboxylic acid groups (broad SMARTS) is 1. The Morgan fingerprint density at radius 2 is 1.91 bits per heavy atom. The molecule has 170 valence electrons. The minimum absolute atomic E-state index is 0.0498. The number of aliphatic hydroxyl groups is 1. The smallest absolute Gasteiger partial charge is 0.303 e. The van der Waals surface area contributed by atoms with Crippen LogP contribution in [0.1, 0.15) is 48.9 Å². The van der Waals surface area contributed by atoms with E-state index in [2.05, 4.69) is 49.5 Å². The monoisotopic (exact) mass is 436 g/mol. The highest BCUT2D eigenvalue weighted by molar-refractivity contribution is 5.67. The van der Waals surface area contributed by atoms with Gasteiger partial charge in [0.05, 0.1) is 5.56 Å². The van der Waals surface area contributed by atoms with E-state index in [0.717, 1.165) is 19.3 Å². The molecule has 6 nitrogen and oxygen atoms in total. The van der Waals surface area contributed by atoms with Crippen LogP contribution in [0, 0.1) is 17.2 Å². The number of ether oxygens (including phenoxy) is 1. The molecule has 0 amide bonds. The molecule has 1 atom stereocenters. The van der Waals surface area contributed by atoms with Gasteiger partial charge in [0.25, 0.3) is 0 Å². The van der Waals surface area contributed by atoms with E-state index in [1.54, 1.807) is 18.2 Å². The number of aliphatic carboxylic acids is 1. The van der Waals surface area contributed by atoms with Crippen molar-refractivity contribution in [1.29, 1.82) is 5.26 Å². The lowest BCUT2D eigenvalue weighted by Crippen LogP contribution is -2.46. The second kappa shape index (κ2) is 10.6. The molecular weight excluding hydrogens is 404 g/mol. The zero-order valence-electron chi connectivity index (χ0n) is 18.8. The Hall–Kier alpha value is -2.88. The van der Waals surface area contributed by atoms with Crippen molar-refractivity contribution >= 4 is 5.97 Å². The number of hydrogen-bond acceptors (Lipinski definition) is 5. The van der Waals surface area contributed by atoms with Gasteiger partial charge < -0.3 is 20.3 Å². The van der Waals surface area contributed by atoms with Crippen molar-refractivity contribution in [3.63, 3.8) is 0 Å². The highest BCUT2D eigenvalue weighted by Crippen LogP contribution is 2.32. The molecule has 1 aliphatic carbocycles. The van der Waals surface area contributed by atoms with Crippen molar-refractivity contribution in [3.8, 4) is 11.8 Å². The highest BCUT2D eigenvalue weighted by Gasteiger charge is 2.28. The van der Waals surface area contributed by atoms with E-state index < -0.39 is 12.1 Å². The largest absolute Gasteiger partial charge is 0.489 e. The first kappa shape index (κ1) is 23.8. The molecule has 0 aromatic heterocycles. The van der Waals surface area contributed by atoms with Crippen LogP contribution >= 0.6 is 0 Å². The number of β-amino-alcohol motifs (C(OH)–C–C–N with tert-alkyl or cyclic N) is 1. The van der Waals surface area contributed by atoms with Gasteiger partial charge in [-0.25, -0.2) is 0 Å². The summed E-state index contributed by atoms with van der Waals surface area (Å²) in [5.41, 5.74) is 3.73. The molecule has 6 heteroatoms. The van der Waals surface area contributed by atoms with Crippen LogP contribution in [0.15, 0.2) is 42.5 Å². The Morgan fingerprint density at radius 3 is 2.53 bits per heavy atom. The maximum absolute atomic E-state index is 10.8. The molecule has 0 aliphatic heterocycles. The second-order valence-electron chi connectivity index (χ2n) is 9.27. The van der Waals surface area contributed by atoms with Gasteiger partial charge in [-0.1, -0.05) is 36.4 Å². The Kier molecular flexibility index (Phi) is 7.89. The molecule has 3 rings (SSSR count). The lowest BCUT2D eigenvalue weighted by Gasteiger charge is -2.30. The van der Waals surface area contributed by atoms with E-state index >= 15 is 0 Å². The fourth-order valence-electron chi connectivity index (χ4n) is 4.50. The van der Waals surface area contributed by atoms with Crippen molar-refractivity contribution in [2.45, 2.75) is 57.6 Å². The van der Waals surface area contributed by atoms with Crippen LogP contribution in [0.2, 0.25) is 0 Å². The van der Waals surface area contributed by atoms with Gasteiger partial charge in [0.15, 0.2) is 0 Å². The maximum atomic E-state index is 10.8.